The number of amides is 10. The van der Waals surface area contributed by atoms with Gasteiger partial charge in [0, 0.05) is 57.2 Å². The third-order valence-corrected chi connectivity index (χ3v) is 15.2. The van der Waals surface area contributed by atoms with Crippen molar-refractivity contribution in [1.29, 1.82) is 0 Å². The van der Waals surface area contributed by atoms with Crippen LogP contribution in [0.25, 0.3) is 10.8 Å². The number of aliphatic hydroxyl groups is 1. The van der Waals surface area contributed by atoms with E-state index in [1.165, 1.54) is 43.4 Å². The van der Waals surface area contributed by atoms with Gasteiger partial charge >= 0.3 is 6.03 Å². The molecule has 5 rings (SSSR count). The fourth-order valence-electron chi connectivity index (χ4n) is 9.94. The van der Waals surface area contributed by atoms with Crippen LogP contribution in [0, 0.1) is 5.92 Å². The van der Waals surface area contributed by atoms with Crippen molar-refractivity contribution in [3.8, 4) is 5.75 Å². The van der Waals surface area contributed by atoms with Crippen LogP contribution in [0.4, 0.5) is 4.79 Å². The second kappa shape index (κ2) is 35.8. The van der Waals surface area contributed by atoms with Gasteiger partial charge in [-0.3, -0.25) is 48.2 Å². The molecule has 0 spiro atoms. The van der Waals surface area contributed by atoms with Crippen molar-refractivity contribution >= 4 is 81.9 Å². The number of primary amides is 1. The number of halogens is 1. The molecular weight excluding hydrogens is 1160 g/mol. The number of carbonyl (C=O) groups excluding carboxylic acids is 10. The second-order valence-corrected chi connectivity index (χ2v) is 22.8. The second-order valence-electron chi connectivity index (χ2n) is 22.3. The van der Waals surface area contributed by atoms with Gasteiger partial charge in [-0.1, -0.05) is 98.2 Å². The number of nitrogens with zero attached hydrogens (tertiary/aromatic N) is 3. The summed E-state index contributed by atoms with van der Waals surface area (Å²) in [4.78, 5) is 146. The largest absolute Gasteiger partial charge is 0.508 e. The lowest BCUT2D eigenvalue weighted by molar-refractivity contribution is -0.155. The normalized spacial score (nSPS) is 13.9. The average Bonchev–Trinajstić information content (AvgIpc) is 2.91. The minimum absolute atomic E-state index is 0.0309. The number of hydrogen-bond donors (Lipinski definition) is 11. The number of urea groups is 1. The van der Waals surface area contributed by atoms with E-state index in [4.69, 9.17) is 28.8 Å². The van der Waals surface area contributed by atoms with Gasteiger partial charge < -0.3 is 69.0 Å². The van der Waals surface area contributed by atoms with Gasteiger partial charge in [-0.05, 0) is 127 Å². The van der Waals surface area contributed by atoms with Gasteiger partial charge in [-0.15, -0.1) is 0 Å². The van der Waals surface area contributed by atoms with Crippen LogP contribution in [0.1, 0.15) is 88.0 Å². The van der Waals surface area contributed by atoms with Crippen LogP contribution >= 0.6 is 11.6 Å². The van der Waals surface area contributed by atoms with Crippen molar-refractivity contribution < 1.29 is 58.2 Å². The van der Waals surface area contributed by atoms with Crippen molar-refractivity contribution in [2.75, 3.05) is 26.7 Å². The Kier molecular flexibility index (Phi) is 28.6. The summed E-state index contributed by atoms with van der Waals surface area (Å²) in [5.74, 6) is -7.46. The number of unbranched alkanes of at least 4 members (excludes halogenated alkanes) is 2. The number of nitrogens with two attached hydrogens (primary N) is 3. The molecule has 24 nitrogen and oxygen atoms in total. The van der Waals surface area contributed by atoms with E-state index >= 15 is 9.59 Å². The molecule has 0 aliphatic heterocycles. The van der Waals surface area contributed by atoms with Gasteiger partial charge in [0.2, 0.25) is 35.4 Å². The minimum atomic E-state index is -1.96. The first kappa shape index (κ1) is 70.9. The lowest BCUT2D eigenvalue weighted by atomic mass is 9.98. The standard InChI is InChI=1S/C64H83ClN12O12/c1-39(2)30-54(74-58(83)51(16-8-10-29-70-64(68)89)71-61(86)56(76(4)40(3)80)35-42-20-25-49(81)26-21-42)62(87)77(48(37-78)15-7-9-27-66)63(88)55(38-79)75-60(85)53(34-44-12-11-28-69-36-44)73-59(84)52(33-41-18-23-47(65)24-19-41)72-57(82)50(67)32-43-17-22-45-13-5-6-14-46(45)31-43/h5-6,11-14,17-26,28,31,36-37,39,48,50-56,79,81H,7-10,15-16,27,29-30,32-35,38,66-67H2,1-4H3,(H,71,86)(H,72,82)(H,73,84)(H,74,83)(H,75,85)(H3,68,70,89)/t48-,50-,51+,52-,53-,54-,55-,56-/m0/s1. The summed E-state index contributed by atoms with van der Waals surface area (Å²) in [5.41, 5.74) is 19.9. The fraction of sp³-hybridized carbons (Fsp3) is 0.422. The highest BCUT2D eigenvalue weighted by molar-refractivity contribution is 6.30. The number of aromatic nitrogens is 1. The topological polar surface area (TPSA) is 381 Å². The number of nitrogens with one attached hydrogen (secondary N) is 6. The summed E-state index contributed by atoms with van der Waals surface area (Å²) in [5, 5.41) is 39.1. The van der Waals surface area contributed by atoms with Gasteiger partial charge in [-0.25, -0.2) is 4.79 Å². The third kappa shape index (κ3) is 22.7. The van der Waals surface area contributed by atoms with Gasteiger partial charge in [0.05, 0.1) is 18.7 Å². The zero-order valence-corrected chi connectivity index (χ0v) is 51.3. The van der Waals surface area contributed by atoms with Crippen LogP contribution in [0.5, 0.6) is 5.75 Å². The molecule has 25 heteroatoms. The molecule has 0 fully saturated rings. The summed E-state index contributed by atoms with van der Waals surface area (Å²) in [6.07, 6.45) is 3.78. The number of pyridine rings is 1. The highest BCUT2D eigenvalue weighted by atomic mass is 35.5. The predicted molar refractivity (Wildman–Crippen MR) is 335 cm³/mol. The number of carbonyl (C=O) groups is 10. The highest BCUT2D eigenvalue weighted by Gasteiger charge is 2.41. The number of phenolic OH excluding ortho intramolecular Hbond substituents is 1. The van der Waals surface area contributed by atoms with Gasteiger partial charge in [0.25, 0.3) is 11.8 Å². The number of rotatable bonds is 35. The van der Waals surface area contributed by atoms with Crippen molar-refractivity contribution in [3.63, 3.8) is 0 Å². The minimum Gasteiger partial charge on any atom is -0.508 e. The van der Waals surface area contributed by atoms with Gasteiger partial charge in [-0.2, -0.15) is 0 Å². The third-order valence-electron chi connectivity index (χ3n) is 14.9. The van der Waals surface area contributed by atoms with Crippen molar-refractivity contribution in [3.05, 3.63) is 143 Å². The number of benzene rings is 4. The molecule has 0 bridgehead atoms. The molecule has 0 unspecified atom stereocenters. The number of aromatic hydroxyl groups is 1. The number of phenols is 1. The van der Waals surface area contributed by atoms with Crippen LogP contribution < -0.4 is 49.1 Å². The average molecular weight is 1250 g/mol. The molecule has 5 aromatic rings. The van der Waals surface area contributed by atoms with Crippen LogP contribution in [0.15, 0.2) is 116 Å². The molecule has 14 N–H and O–H groups in total. The Morgan fingerprint density at radius 1 is 0.629 bits per heavy atom. The number of hydrogen-bond acceptors (Lipinski definition) is 15. The number of aldehydes is 1. The molecule has 4 aromatic carbocycles. The summed E-state index contributed by atoms with van der Waals surface area (Å²) in [6, 6.07) is 16.6. The van der Waals surface area contributed by atoms with Gasteiger partial charge in [0.1, 0.15) is 48.3 Å². The maximum absolute atomic E-state index is 15.3. The van der Waals surface area contributed by atoms with E-state index in [9.17, 15) is 48.6 Å². The van der Waals surface area contributed by atoms with Crippen LogP contribution in [0.2, 0.25) is 5.02 Å². The Labute approximate surface area is 522 Å². The molecule has 1 aromatic heterocycles. The molecule has 1 heterocycles. The number of imide groups is 1. The molecule has 0 saturated carbocycles. The maximum atomic E-state index is 15.3. The summed E-state index contributed by atoms with van der Waals surface area (Å²) >= 11 is 6.20. The monoisotopic (exact) mass is 1250 g/mol. The highest BCUT2D eigenvalue weighted by Crippen LogP contribution is 2.21. The summed E-state index contributed by atoms with van der Waals surface area (Å²) in [7, 11) is 1.41. The molecule has 10 amide bonds. The van der Waals surface area contributed by atoms with Crippen molar-refractivity contribution in [1.82, 2.24) is 46.7 Å². The molecule has 0 radical (unpaired) electrons. The van der Waals surface area contributed by atoms with E-state index in [2.05, 4.69) is 36.9 Å². The predicted octanol–water partition coefficient (Wildman–Crippen LogP) is 2.39. The smallest absolute Gasteiger partial charge is 0.312 e. The Hall–Kier alpha value is -8.84. The fourth-order valence-corrected chi connectivity index (χ4v) is 10.1. The molecular formula is C64H83ClN12O12. The first-order valence-corrected chi connectivity index (χ1v) is 30.0. The Morgan fingerprint density at radius 2 is 1.19 bits per heavy atom. The number of fused-ring (bicyclic) bond motifs is 1. The zero-order valence-electron chi connectivity index (χ0n) is 50.6. The summed E-state index contributed by atoms with van der Waals surface area (Å²) in [6.45, 7) is 3.88. The number of aliphatic hydroxyl groups excluding tert-OH is 1. The van der Waals surface area contributed by atoms with Crippen molar-refractivity contribution in [2.45, 2.75) is 140 Å². The quantitative estimate of drug-likeness (QED) is 0.0205. The lowest BCUT2D eigenvalue weighted by Crippen LogP contribution is -2.63. The lowest BCUT2D eigenvalue weighted by Gasteiger charge is -2.34. The Morgan fingerprint density at radius 3 is 1.80 bits per heavy atom. The molecule has 0 saturated heterocycles. The first-order valence-electron chi connectivity index (χ1n) is 29.6. The van der Waals surface area contributed by atoms with E-state index in [-0.39, 0.29) is 89.0 Å². The molecule has 0 aliphatic rings. The Bertz CT molecular complexity index is 3190. The zero-order chi connectivity index (χ0) is 65.2. The SMILES string of the molecule is CC(=O)N(C)[C@@H](Cc1ccc(O)cc1)C(=O)N[C@H](CCCCNC(N)=O)C(=O)N[C@@H](CC(C)C)C(=O)N(C(=O)[C@H](CO)NC(=O)[C@H](Cc1cccnc1)NC(=O)[C@H](Cc1ccc(Cl)cc1)NC(=O)[C@@H](N)Cc1ccc2ccccc2c1)[C@H](C=O)CCCCN. The first-order chi connectivity index (χ1) is 42.5. The van der Waals surface area contributed by atoms with E-state index in [1.54, 1.807) is 62.4 Å². The van der Waals surface area contributed by atoms with Crippen LogP contribution in [-0.4, -0.2) is 160 Å². The van der Waals surface area contributed by atoms with E-state index in [0.717, 1.165) is 16.3 Å². The maximum Gasteiger partial charge on any atom is 0.312 e. The summed E-state index contributed by atoms with van der Waals surface area (Å²) < 4.78 is 0. The van der Waals surface area contributed by atoms with Crippen LogP contribution in [-0.2, 0) is 68.8 Å². The van der Waals surface area contributed by atoms with Gasteiger partial charge in [0.15, 0.2) is 0 Å². The Balaban J connectivity index is 1.46. The van der Waals surface area contributed by atoms with E-state index < -0.39 is 108 Å². The van der Waals surface area contributed by atoms with Crippen LogP contribution in [0.3, 0.4) is 0 Å². The molecule has 0 aliphatic carbocycles. The molecule has 478 valence electrons. The van der Waals surface area contributed by atoms with E-state index in [1.807, 2.05) is 42.5 Å². The molecule has 89 heavy (non-hydrogen) atoms. The molecule has 8 atom stereocenters. The van der Waals surface area contributed by atoms with Crippen molar-refractivity contribution in [2.24, 2.45) is 23.1 Å². The van der Waals surface area contributed by atoms with E-state index in [0.29, 0.717) is 39.3 Å². The number of likely N-dealkylation sites (N-methyl/N-ethyl adjacent to an activating group) is 1.